The Hall–Kier alpha value is -1.73. The second-order valence-electron chi connectivity index (χ2n) is 6.65. The first-order valence-electron chi connectivity index (χ1n) is 7.66. The number of amides is 1. The molecule has 2 aromatic rings. The zero-order valence-electron chi connectivity index (χ0n) is 13.7. The molecule has 0 bridgehead atoms. The van der Waals surface area contributed by atoms with Crippen molar-refractivity contribution < 1.29 is 9.53 Å². The van der Waals surface area contributed by atoms with E-state index in [1.165, 1.54) is 4.88 Å². The van der Waals surface area contributed by atoms with Crippen LogP contribution in [-0.4, -0.2) is 34.4 Å². The third-order valence-electron chi connectivity index (χ3n) is 4.62. The minimum atomic E-state index is -0.416. The number of thiophene rings is 1. The van der Waals surface area contributed by atoms with Gasteiger partial charge in [-0.3, -0.25) is 4.79 Å². The fraction of sp³-hybridized carbons (Fsp3) is 0.562. The molecule has 1 aliphatic rings. The SMILES string of the molecule is COCCn1nc(CC(N)=O)nc1C1(c2cccs2)CC1(C)C. The standard InChI is InChI=1S/C16H22N4O2S/c1-15(2)10-16(15,11-5-4-8-23-11)14-18-13(9-12(17)21)19-20(14)6-7-22-3/h4-5,8H,6-7,9-10H2,1-3H3,(H2,17,21). The molecule has 0 aliphatic heterocycles. The van der Waals surface area contributed by atoms with Crippen molar-refractivity contribution in [1.82, 2.24) is 14.8 Å². The first-order valence-corrected chi connectivity index (χ1v) is 8.54. The molecule has 1 fully saturated rings. The Morgan fingerprint density at radius 3 is 2.78 bits per heavy atom. The lowest BCUT2D eigenvalue weighted by Crippen LogP contribution is -2.22. The van der Waals surface area contributed by atoms with Crippen LogP contribution in [0.25, 0.3) is 0 Å². The molecule has 1 saturated carbocycles. The Kier molecular flexibility index (Phi) is 4.01. The van der Waals surface area contributed by atoms with Gasteiger partial charge in [0.05, 0.1) is 25.0 Å². The lowest BCUT2D eigenvalue weighted by atomic mass is 9.93. The maximum absolute atomic E-state index is 11.2. The van der Waals surface area contributed by atoms with Gasteiger partial charge in [0, 0.05) is 12.0 Å². The lowest BCUT2D eigenvalue weighted by Gasteiger charge is -2.19. The van der Waals surface area contributed by atoms with Crippen molar-refractivity contribution in [3.63, 3.8) is 0 Å². The number of methoxy groups -OCH3 is 1. The summed E-state index contributed by atoms with van der Waals surface area (Å²) in [4.78, 5) is 17.2. The first-order chi connectivity index (χ1) is 10.9. The fourth-order valence-corrected chi connectivity index (χ4v) is 4.42. The number of carbonyl (C=O) groups excluding carboxylic acids is 1. The number of nitrogens with zero attached hydrogens (tertiary/aromatic N) is 3. The fourth-order valence-electron chi connectivity index (χ4n) is 3.32. The normalized spacial score (nSPS) is 22.2. The monoisotopic (exact) mass is 334 g/mol. The predicted molar refractivity (Wildman–Crippen MR) is 88.3 cm³/mol. The van der Waals surface area contributed by atoms with Crippen LogP contribution in [0.3, 0.4) is 0 Å². The molecule has 7 heteroatoms. The van der Waals surface area contributed by atoms with Gasteiger partial charge in [-0.1, -0.05) is 19.9 Å². The summed E-state index contributed by atoms with van der Waals surface area (Å²) in [6, 6.07) is 4.22. The summed E-state index contributed by atoms with van der Waals surface area (Å²) < 4.78 is 7.07. The van der Waals surface area contributed by atoms with E-state index in [1.807, 2.05) is 4.68 Å². The smallest absolute Gasteiger partial charge is 0.225 e. The van der Waals surface area contributed by atoms with Gasteiger partial charge in [0.15, 0.2) is 5.82 Å². The molecule has 0 radical (unpaired) electrons. The van der Waals surface area contributed by atoms with Crippen LogP contribution in [0.15, 0.2) is 17.5 Å². The van der Waals surface area contributed by atoms with Gasteiger partial charge in [0.1, 0.15) is 5.82 Å². The molecule has 23 heavy (non-hydrogen) atoms. The van der Waals surface area contributed by atoms with E-state index >= 15 is 0 Å². The summed E-state index contributed by atoms with van der Waals surface area (Å²) in [5, 5.41) is 6.59. The summed E-state index contributed by atoms with van der Waals surface area (Å²) in [5.74, 6) is 0.987. The van der Waals surface area contributed by atoms with E-state index in [1.54, 1.807) is 18.4 Å². The molecular formula is C16H22N4O2S. The van der Waals surface area contributed by atoms with Crippen LogP contribution >= 0.6 is 11.3 Å². The van der Waals surface area contributed by atoms with Crippen LogP contribution in [0, 0.1) is 5.41 Å². The highest BCUT2D eigenvalue weighted by Crippen LogP contribution is 2.68. The van der Waals surface area contributed by atoms with Crippen LogP contribution in [0.4, 0.5) is 0 Å². The van der Waals surface area contributed by atoms with Crippen LogP contribution < -0.4 is 5.73 Å². The molecule has 3 rings (SSSR count). The summed E-state index contributed by atoms with van der Waals surface area (Å²) in [7, 11) is 1.66. The topological polar surface area (TPSA) is 83.0 Å². The van der Waals surface area contributed by atoms with E-state index < -0.39 is 5.91 Å². The van der Waals surface area contributed by atoms with Crippen molar-refractivity contribution in [2.75, 3.05) is 13.7 Å². The maximum Gasteiger partial charge on any atom is 0.225 e. The third kappa shape index (κ3) is 2.68. The molecule has 2 heterocycles. The number of hydrogen-bond acceptors (Lipinski definition) is 5. The number of rotatable bonds is 7. The highest BCUT2D eigenvalue weighted by Gasteiger charge is 2.66. The van der Waals surface area contributed by atoms with Gasteiger partial charge >= 0.3 is 0 Å². The van der Waals surface area contributed by atoms with E-state index in [2.05, 4.69) is 36.5 Å². The van der Waals surface area contributed by atoms with Crippen molar-refractivity contribution in [2.45, 2.75) is 38.6 Å². The lowest BCUT2D eigenvalue weighted by molar-refractivity contribution is -0.117. The molecule has 1 amide bonds. The first kappa shape index (κ1) is 16.1. The van der Waals surface area contributed by atoms with Gasteiger partial charge in [-0.05, 0) is 23.3 Å². The maximum atomic E-state index is 11.2. The summed E-state index contributed by atoms with van der Waals surface area (Å²) in [6.45, 7) is 5.65. The minimum Gasteiger partial charge on any atom is -0.383 e. The van der Waals surface area contributed by atoms with Crippen LogP contribution in [0.2, 0.25) is 0 Å². The Morgan fingerprint density at radius 1 is 1.52 bits per heavy atom. The molecule has 2 N–H and O–H groups in total. The van der Waals surface area contributed by atoms with Crippen molar-refractivity contribution in [3.8, 4) is 0 Å². The van der Waals surface area contributed by atoms with Crippen molar-refractivity contribution in [2.24, 2.45) is 11.1 Å². The summed E-state index contributed by atoms with van der Waals surface area (Å²) in [6.07, 6.45) is 1.08. The summed E-state index contributed by atoms with van der Waals surface area (Å²) >= 11 is 1.74. The Bertz CT molecular complexity index is 708. The number of primary amides is 1. The second-order valence-corrected chi connectivity index (χ2v) is 7.60. The molecule has 124 valence electrons. The van der Waals surface area contributed by atoms with Crippen molar-refractivity contribution in [3.05, 3.63) is 34.0 Å². The van der Waals surface area contributed by atoms with Crippen LogP contribution in [-0.2, 0) is 27.9 Å². The van der Waals surface area contributed by atoms with Gasteiger partial charge in [0.2, 0.25) is 5.91 Å². The highest BCUT2D eigenvalue weighted by atomic mass is 32.1. The summed E-state index contributed by atoms with van der Waals surface area (Å²) in [5.41, 5.74) is 5.28. The van der Waals surface area contributed by atoms with E-state index in [0.29, 0.717) is 19.0 Å². The second kappa shape index (κ2) is 5.72. The van der Waals surface area contributed by atoms with Gasteiger partial charge in [-0.25, -0.2) is 9.67 Å². The molecule has 2 aromatic heterocycles. The van der Waals surface area contributed by atoms with Gasteiger partial charge in [-0.15, -0.1) is 11.3 Å². The highest BCUT2D eigenvalue weighted by molar-refractivity contribution is 7.10. The van der Waals surface area contributed by atoms with Crippen molar-refractivity contribution >= 4 is 17.2 Å². The molecular weight excluding hydrogens is 312 g/mol. The number of ether oxygens (including phenoxy) is 1. The zero-order chi connectivity index (χ0) is 16.7. The molecule has 0 saturated heterocycles. The van der Waals surface area contributed by atoms with Gasteiger partial charge in [0.25, 0.3) is 0 Å². The van der Waals surface area contributed by atoms with Crippen LogP contribution in [0.1, 0.15) is 36.8 Å². The molecule has 0 spiro atoms. The number of carbonyl (C=O) groups is 1. The molecule has 1 atom stereocenters. The van der Waals surface area contributed by atoms with E-state index in [-0.39, 0.29) is 17.3 Å². The molecule has 0 aromatic carbocycles. The average molecular weight is 334 g/mol. The largest absolute Gasteiger partial charge is 0.383 e. The Balaban J connectivity index is 2.06. The Morgan fingerprint density at radius 2 is 2.26 bits per heavy atom. The Labute approximate surface area is 139 Å². The van der Waals surface area contributed by atoms with E-state index in [9.17, 15) is 4.79 Å². The van der Waals surface area contributed by atoms with Crippen LogP contribution in [0.5, 0.6) is 0 Å². The quantitative estimate of drug-likeness (QED) is 0.836. The zero-order valence-corrected chi connectivity index (χ0v) is 14.5. The number of hydrogen-bond donors (Lipinski definition) is 1. The predicted octanol–water partition coefficient (Wildman–Crippen LogP) is 1.73. The van der Waals surface area contributed by atoms with Crippen molar-refractivity contribution in [1.29, 1.82) is 0 Å². The number of aromatic nitrogens is 3. The van der Waals surface area contributed by atoms with Gasteiger partial charge < -0.3 is 10.5 Å². The third-order valence-corrected chi connectivity index (χ3v) is 5.65. The molecule has 1 unspecified atom stereocenters. The molecule has 1 aliphatic carbocycles. The minimum absolute atomic E-state index is 0.0634. The van der Waals surface area contributed by atoms with E-state index in [4.69, 9.17) is 15.5 Å². The average Bonchev–Trinajstić information content (AvgIpc) is 2.92. The number of nitrogens with two attached hydrogens (primary N) is 1. The van der Waals surface area contributed by atoms with Gasteiger partial charge in [-0.2, -0.15) is 5.10 Å². The van der Waals surface area contributed by atoms with E-state index in [0.717, 1.165) is 12.2 Å². The molecule has 6 nitrogen and oxygen atoms in total.